The number of urea groups is 1. The van der Waals surface area contributed by atoms with Crippen LogP contribution in [-0.2, 0) is 0 Å². The first-order valence-corrected chi connectivity index (χ1v) is 7.30. The Hall–Kier alpha value is -1.23. The third-order valence-corrected chi connectivity index (χ3v) is 4.12. The van der Waals surface area contributed by atoms with Crippen LogP contribution in [0.1, 0.15) is 5.56 Å². The van der Waals surface area contributed by atoms with Crippen molar-refractivity contribution >= 4 is 56.5 Å². The highest BCUT2D eigenvalue weighted by Gasteiger charge is 2.09. The molecular formula is C14H11BrCl2N2O. The van der Waals surface area contributed by atoms with Crippen LogP contribution in [0, 0.1) is 6.92 Å². The average Bonchev–Trinajstić information content (AvgIpc) is 2.39. The zero-order valence-corrected chi connectivity index (χ0v) is 13.6. The Morgan fingerprint density at radius 1 is 1.10 bits per heavy atom. The molecule has 0 heterocycles. The maximum atomic E-state index is 12.0. The maximum absolute atomic E-state index is 12.0. The van der Waals surface area contributed by atoms with Crippen molar-refractivity contribution < 1.29 is 4.79 Å². The van der Waals surface area contributed by atoms with Crippen LogP contribution < -0.4 is 10.6 Å². The first-order chi connectivity index (χ1) is 9.47. The summed E-state index contributed by atoms with van der Waals surface area (Å²) in [6.07, 6.45) is 0. The van der Waals surface area contributed by atoms with Crippen LogP contribution in [0.3, 0.4) is 0 Å². The van der Waals surface area contributed by atoms with Crippen LogP contribution >= 0.6 is 39.1 Å². The molecule has 2 N–H and O–H groups in total. The van der Waals surface area contributed by atoms with Crippen molar-refractivity contribution in [1.29, 1.82) is 0 Å². The van der Waals surface area contributed by atoms with E-state index in [1.165, 1.54) is 0 Å². The van der Waals surface area contributed by atoms with Gasteiger partial charge in [0.1, 0.15) is 0 Å². The molecule has 0 saturated carbocycles. The molecule has 2 aromatic carbocycles. The van der Waals surface area contributed by atoms with Crippen molar-refractivity contribution in [2.75, 3.05) is 10.6 Å². The van der Waals surface area contributed by atoms with E-state index >= 15 is 0 Å². The van der Waals surface area contributed by atoms with Gasteiger partial charge in [-0.2, -0.15) is 0 Å². The lowest BCUT2D eigenvalue weighted by Gasteiger charge is -2.12. The Morgan fingerprint density at radius 2 is 1.80 bits per heavy atom. The molecule has 2 amide bonds. The van der Waals surface area contributed by atoms with Crippen molar-refractivity contribution in [2.45, 2.75) is 6.92 Å². The van der Waals surface area contributed by atoms with Gasteiger partial charge in [0.15, 0.2) is 0 Å². The molecule has 3 nitrogen and oxygen atoms in total. The molecule has 0 bridgehead atoms. The number of rotatable bonds is 2. The van der Waals surface area contributed by atoms with E-state index in [9.17, 15) is 4.79 Å². The second kappa shape index (κ2) is 6.48. The van der Waals surface area contributed by atoms with Crippen LogP contribution in [0.5, 0.6) is 0 Å². The number of hydrogen-bond acceptors (Lipinski definition) is 1. The molecule has 2 aromatic rings. The number of anilines is 2. The van der Waals surface area contributed by atoms with Crippen molar-refractivity contribution in [3.05, 3.63) is 56.5 Å². The number of benzene rings is 2. The highest BCUT2D eigenvalue weighted by Crippen LogP contribution is 2.26. The van der Waals surface area contributed by atoms with Gasteiger partial charge in [0.25, 0.3) is 0 Å². The van der Waals surface area contributed by atoms with E-state index in [0.717, 1.165) is 15.7 Å². The quantitative estimate of drug-likeness (QED) is 0.695. The molecule has 0 aliphatic rings. The zero-order chi connectivity index (χ0) is 14.7. The van der Waals surface area contributed by atoms with Crippen LogP contribution in [0.15, 0.2) is 40.9 Å². The topological polar surface area (TPSA) is 41.1 Å². The minimum atomic E-state index is -0.379. The number of nitrogens with one attached hydrogen (secondary N) is 2. The lowest BCUT2D eigenvalue weighted by Crippen LogP contribution is -2.20. The van der Waals surface area contributed by atoms with Crippen molar-refractivity contribution in [3.63, 3.8) is 0 Å². The summed E-state index contributed by atoms with van der Waals surface area (Å²) in [7, 11) is 0. The van der Waals surface area contributed by atoms with E-state index < -0.39 is 0 Å². The number of amides is 2. The second-order valence-electron chi connectivity index (χ2n) is 4.12. The van der Waals surface area contributed by atoms with Gasteiger partial charge >= 0.3 is 6.03 Å². The lowest BCUT2D eigenvalue weighted by molar-refractivity contribution is 0.262. The van der Waals surface area contributed by atoms with E-state index in [-0.39, 0.29) is 6.03 Å². The molecule has 0 radical (unpaired) electrons. The molecule has 104 valence electrons. The van der Waals surface area contributed by atoms with E-state index in [4.69, 9.17) is 23.2 Å². The molecule has 0 aromatic heterocycles. The van der Waals surface area contributed by atoms with Gasteiger partial charge in [-0.1, -0.05) is 45.2 Å². The maximum Gasteiger partial charge on any atom is 0.323 e. The first-order valence-electron chi connectivity index (χ1n) is 5.75. The molecular weight excluding hydrogens is 363 g/mol. The summed E-state index contributed by atoms with van der Waals surface area (Å²) in [6.45, 7) is 1.91. The predicted molar refractivity (Wildman–Crippen MR) is 88.0 cm³/mol. The normalized spacial score (nSPS) is 10.2. The molecule has 6 heteroatoms. The summed E-state index contributed by atoms with van der Waals surface area (Å²) < 4.78 is 0.927. The van der Waals surface area contributed by atoms with Crippen LogP contribution in [0.4, 0.5) is 16.2 Å². The molecule has 0 fully saturated rings. The fourth-order valence-corrected chi connectivity index (χ4v) is 2.32. The lowest BCUT2D eigenvalue weighted by atomic mass is 10.2. The summed E-state index contributed by atoms with van der Waals surface area (Å²) in [5, 5.41) is 6.36. The fraction of sp³-hybridized carbons (Fsp3) is 0.0714. The Labute approximate surface area is 135 Å². The van der Waals surface area contributed by atoms with Crippen molar-refractivity contribution in [2.24, 2.45) is 0 Å². The zero-order valence-electron chi connectivity index (χ0n) is 10.5. The number of carbonyl (C=O) groups is 1. The molecule has 20 heavy (non-hydrogen) atoms. The summed E-state index contributed by atoms with van der Waals surface area (Å²) in [5.41, 5.74) is 2.12. The van der Waals surface area contributed by atoms with Gasteiger partial charge < -0.3 is 10.6 Å². The van der Waals surface area contributed by atoms with E-state index in [1.54, 1.807) is 18.2 Å². The highest BCUT2D eigenvalue weighted by atomic mass is 79.9. The van der Waals surface area contributed by atoms with Gasteiger partial charge in [-0.15, -0.1) is 0 Å². The van der Waals surface area contributed by atoms with Crippen molar-refractivity contribution in [3.8, 4) is 0 Å². The largest absolute Gasteiger partial charge is 0.323 e. The van der Waals surface area contributed by atoms with Gasteiger partial charge in [0, 0.05) is 15.2 Å². The number of carbonyl (C=O) groups excluding carboxylic acids is 1. The van der Waals surface area contributed by atoms with Gasteiger partial charge in [-0.05, 0) is 42.8 Å². The molecule has 0 unspecified atom stereocenters. The summed E-state index contributed by atoms with van der Waals surface area (Å²) in [5.74, 6) is 0. The average molecular weight is 374 g/mol. The second-order valence-corrected chi connectivity index (χ2v) is 5.81. The van der Waals surface area contributed by atoms with Gasteiger partial charge in [0.05, 0.1) is 10.7 Å². The number of hydrogen-bond donors (Lipinski definition) is 2. The minimum Gasteiger partial charge on any atom is -0.307 e. The van der Waals surface area contributed by atoms with Gasteiger partial charge in [-0.25, -0.2) is 4.79 Å². The molecule has 2 rings (SSSR count). The molecule has 0 saturated heterocycles. The standard InChI is InChI=1S/C14H11BrCl2N2O/c1-8-10(15)3-2-4-12(8)18-14(20)19-13-7-9(16)5-6-11(13)17/h2-7H,1H3,(H2,18,19,20). The summed E-state index contributed by atoms with van der Waals surface area (Å²) in [4.78, 5) is 12.0. The molecule has 0 atom stereocenters. The molecule has 0 spiro atoms. The minimum absolute atomic E-state index is 0.379. The number of halogens is 3. The van der Waals surface area contributed by atoms with Crippen molar-refractivity contribution in [1.82, 2.24) is 0 Å². The Bertz CT molecular complexity index is 656. The van der Waals surface area contributed by atoms with E-state index in [0.29, 0.717) is 15.7 Å². The fourth-order valence-electron chi connectivity index (χ4n) is 1.61. The van der Waals surface area contributed by atoms with E-state index in [1.807, 2.05) is 25.1 Å². The third kappa shape index (κ3) is 3.66. The van der Waals surface area contributed by atoms with Crippen LogP contribution in [0.25, 0.3) is 0 Å². The van der Waals surface area contributed by atoms with E-state index in [2.05, 4.69) is 26.6 Å². The molecule has 0 aliphatic carbocycles. The smallest absolute Gasteiger partial charge is 0.307 e. The monoisotopic (exact) mass is 372 g/mol. The Morgan fingerprint density at radius 3 is 2.55 bits per heavy atom. The van der Waals surface area contributed by atoms with Gasteiger partial charge in [-0.3, -0.25) is 0 Å². The van der Waals surface area contributed by atoms with Crippen LogP contribution in [-0.4, -0.2) is 6.03 Å². The Kier molecular flexibility index (Phi) is 4.91. The first kappa shape index (κ1) is 15.2. The Balaban J connectivity index is 2.13. The summed E-state index contributed by atoms with van der Waals surface area (Å²) >= 11 is 15.3. The highest BCUT2D eigenvalue weighted by molar-refractivity contribution is 9.10. The summed E-state index contributed by atoms with van der Waals surface area (Å²) in [6, 6.07) is 10.1. The molecule has 0 aliphatic heterocycles. The SMILES string of the molecule is Cc1c(Br)cccc1NC(=O)Nc1cc(Cl)ccc1Cl. The third-order valence-electron chi connectivity index (χ3n) is 2.69. The predicted octanol–water partition coefficient (Wildman–Crippen LogP) is 5.71. The van der Waals surface area contributed by atoms with Crippen LogP contribution in [0.2, 0.25) is 10.0 Å². The van der Waals surface area contributed by atoms with Gasteiger partial charge in [0.2, 0.25) is 0 Å².